The number of hydrogen-bond donors (Lipinski definition) is 2. The highest BCUT2D eigenvalue weighted by atomic mass is 19.4. The molecule has 1 aliphatic heterocycles. The van der Waals surface area contributed by atoms with Gasteiger partial charge in [0.05, 0.1) is 5.57 Å². The Hall–Kier alpha value is -3.93. The summed E-state index contributed by atoms with van der Waals surface area (Å²) in [6.45, 7) is 1.88. The zero-order valence-electron chi connectivity index (χ0n) is 21.0. The summed E-state index contributed by atoms with van der Waals surface area (Å²) in [6.07, 6.45) is 1.61. The first-order valence-electron chi connectivity index (χ1n) is 12.8. The van der Waals surface area contributed by atoms with Crippen LogP contribution >= 0.6 is 0 Å². The van der Waals surface area contributed by atoms with Crippen LogP contribution < -0.4 is 5.32 Å². The molecule has 2 aromatic carbocycles. The van der Waals surface area contributed by atoms with Crippen molar-refractivity contribution in [2.24, 2.45) is 5.92 Å². The van der Waals surface area contributed by atoms with Crippen molar-refractivity contribution in [2.75, 3.05) is 0 Å². The van der Waals surface area contributed by atoms with E-state index >= 15 is 0 Å². The third kappa shape index (κ3) is 5.08. The van der Waals surface area contributed by atoms with Gasteiger partial charge < -0.3 is 5.32 Å². The maximum Gasteiger partial charge on any atom is 0.416 e. The molecule has 2 N–H and O–H groups in total. The molecule has 1 saturated carbocycles. The SMILES string of the molecule is Cc1ccc(C2=C(c3nn[nH]n3)C(=O)NC(c3ccc(C#CCC4CCCCC4)cc3)(C(F)(F)F)C2)cc1. The van der Waals surface area contributed by atoms with Crippen LogP contribution in [0.25, 0.3) is 11.1 Å². The number of H-pyrrole nitrogens is 1. The van der Waals surface area contributed by atoms with Crippen LogP contribution in [0.4, 0.5) is 13.2 Å². The molecule has 0 saturated heterocycles. The van der Waals surface area contributed by atoms with Crippen LogP contribution in [0.3, 0.4) is 0 Å². The minimum atomic E-state index is -4.78. The number of carbonyl (C=O) groups is 1. The van der Waals surface area contributed by atoms with Crippen molar-refractivity contribution in [3.63, 3.8) is 0 Å². The zero-order valence-corrected chi connectivity index (χ0v) is 21.0. The fourth-order valence-corrected chi connectivity index (χ4v) is 5.33. The molecule has 196 valence electrons. The van der Waals surface area contributed by atoms with E-state index in [1.165, 1.54) is 44.2 Å². The predicted octanol–water partition coefficient (Wildman–Crippen LogP) is 5.72. The molecule has 3 aromatic rings. The average Bonchev–Trinajstić information content (AvgIpc) is 3.43. The Morgan fingerprint density at radius 3 is 2.37 bits per heavy atom. The summed E-state index contributed by atoms with van der Waals surface area (Å²) in [6, 6.07) is 13.0. The largest absolute Gasteiger partial charge is 0.416 e. The molecule has 2 aliphatic rings. The number of aryl methyl sites for hydroxylation is 1. The third-order valence-electron chi connectivity index (χ3n) is 7.48. The van der Waals surface area contributed by atoms with E-state index < -0.39 is 24.0 Å². The number of aromatic amines is 1. The van der Waals surface area contributed by atoms with E-state index in [1.54, 1.807) is 36.4 Å². The van der Waals surface area contributed by atoms with Crippen LogP contribution in [0.2, 0.25) is 0 Å². The number of halogens is 3. The molecule has 5 rings (SSSR count). The smallest absolute Gasteiger partial charge is 0.334 e. The Labute approximate surface area is 219 Å². The summed E-state index contributed by atoms with van der Waals surface area (Å²) in [4.78, 5) is 13.3. The van der Waals surface area contributed by atoms with E-state index in [-0.39, 0.29) is 22.5 Å². The number of carbonyl (C=O) groups excluding carboxylic acids is 1. The summed E-state index contributed by atoms with van der Waals surface area (Å²) < 4.78 is 44.6. The van der Waals surface area contributed by atoms with Crippen LogP contribution in [0.1, 0.15) is 73.0 Å². The lowest BCUT2D eigenvalue weighted by molar-refractivity contribution is -0.201. The number of nitrogens with zero attached hydrogens (tertiary/aromatic N) is 3. The quantitative estimate of drug-likeness (QED) is 0.432. The minimum Gasteiger partial charge on any atom is -0.334 e. The van der Waals surface area contributed by atoms with Gasteiger partial charge in [-0.1, -0.05) is 73.1 Å². The molecule has 1 amide bonds. The lowest BCUT2D eigenvalue weighted by atomic mass is 9.76. The van der Waals surface area contributed by atoms with Gasteiger partial charge in [-0.2, -0.15) is 18.4 Å². The van der Waals surface area contributed by atoms with Gasteiger partial charge in [-0.05, 0) is 59.7 Å². The Balaban J connectivity index is 1.51. The average molecular weight is 520 g/mol. The summed E-state index contributed by atoms with van der Waals surface area (Å²) >= 11 is 0. The van der Waals surface area contributed by atoms with E-state index in [0.717, 1.165) is 12.0 Å². The van der Waals surface area contributed by atoms with Crippen molar-refractivity contribution in [1.29, 1.82) is 0 Å². The molecule has 1 atom stereocenters. The molecule has 1 unspecified atom stereocenters. The highest BCUT2D eigenvalue weighted by molar-refractivity contribution is 6.27. The molecule has 1 fully saturated rings. The van der Waals surface area contributed by atoms with Gasteiger partial charge in [0.15, 0.2) is 5.54 Å². The van der Waals surface area contributed by atoms with Crippen LogP contribution in [0, 0.1) is 24.7 Å². The molecule has 9 heteroatoms. The van der Waals surface area contributed by atoms with E-state index in [2.05, 4.69) is 37.8 Å². The van der Waals surface area contributed by atoms with Crippen LogP contribution in [-0.4, -0.2) is 32.7 Å². The number of amides is 1. The Morgan fingerprint density at radius 2 is 1.74 bits per heavy atom. The van der Waals surface area contributed by atoms with Gasteiger partial charge in [0.25, 0.3) is 5.91 Å². The van der Waals surface area contributed by atoms with Crippen molar-refractivity contribution >= 4 is 17.1 Å². The molecule has 2 heterocycles. The van der Waals surface area contributed by atoms with Crippen LogP contribution in [0.15, 0.2) is 48.5 Å². The molecule has 0 radical (unpaired) electrons. The van der Waals surface area contributed by atoms with Gasteiger partial charge in [0, 0.05) is 18.4 Å². The lowest BCUT2D eigenvalue weighted by Gasteiger charge is -2.41. The van der Waals surface area contributed by atoms with Crippen molar-refractivity contribution in [1.82, 2.24) is 25.9 Å². The molecule has 0 bridgehead atoms. The standard InChI is InChI=1S/C29H28F3N5O/c1-19-10-14-22(15-11-19)24-18-28(29(30,31)32,33-27(38)25(24)26-34-36-37-35-26)23-16-12-21(13-17-23)9-5-8-20-6-3-2-4-7-20/h10-17,20H,2-4,6-8,18H2,1H3,(H,33,38)(H,34,35,36,37). The number of benzene rings is 2. The van der Waals surface area contributed by atoms with Crippen LogP contribution in [0.5, 0.6) is 0 Å². The second-order valence-corrected chi connectivity index (χ2v) is 10.1. The van der Waals surface area contributed by atoms with Gasteiger partial charge in [-0.25, -0.2) is 0 Å². The maximum absolute atomic E-state index is 14.9. The molecular weight excluding hydrogens is 491 g/mol. The monoisotopic (exact) mass is 519 g/mol. The molecule has 6 nitrogen and oxygen atoms in total. The number of tetrazole rings is 1. The molecule has 0 spiro atoms. The molecular formula is C29H28F3N5O. The predicted molar refractivity (Wildman–Crippen MR) is 137 cm³/mol. The normalized spacial score (nSPS) is 20.6. The fraction of sp³-hybridized carbons (Fsp3) is 0.379. The van der Waals surface area contributed by atoms with Crippen molar-refractivity contribution in [3.05, 3.63) is 76.6 Å². The molecule has 1 aromatic heterocycles. The minimum absolute atomic E-state index is 0.0346. The number of alkyl halides is 3. The topological polar surface area (TPSA) is 83.6 Å². The Bertz CT molecular complexity index is 1380. The highest BCUT2D eigenvalue weighted by Crippen LogP contribution is 2.49. The van der Waals surface area contributed by atoms with E-state index in [0.29, 0.717) is 17.0 Å². The first kappa shape index (κ1) is 25.7. The maximum atomic E-state index is 14.9. The van der Waals surface area contributed by atoms with Gasteiger partial charge in [0.1, 0.15) is 0 Å². The fourth-order valence-electron chi connectivity index (χ4n) is 5.33. The van der Waals surface area contributed by atoms with Crippen molar-refractivity contribution in [3.8, 4) is 11.8 Å². The van der Waals surface area contributed by atoms with E-state index in [4.69, 9.17) is 0 Å². The molecule has 1 aliphatic carbocycles. The Kier molecular flexibility index (Phi) is 7.06. The number of nitrogens with one attached hydrogen (secondary N) is 2. The second-order valence-electron chi connectivity index (χ2n) is 10.1. The van der Waals surface area contributed by atoms with Gasteiger partial charge in [0.2, 0.25) is 5.82 Å². The lowest BCUT2D eigenvalue weighted by Crippen LogP contribution is -2.58. The summed E-state index contributed by atoms with van der Waals surface area (Å²) in [5.74, 6) is 5.92. The van der Waals surface area contributed by atoms with Crippen LogP contribution in [-0.2, 0) is 10.3 Å². The van der Waals surface area contributed by atoms with E-state index in [9.17, 15) is 18.0 Å². The van der Waals surface area contributed by atoms with Crippen molar-refractivity contribution in [2.45, 2.75) is 63.6 Å². The van der Waals surface area contributed by atoms with Gasteiger partial charge in [-0.3, -0.25) is 4.79 Å². The first-order valence-corrected chi connectivity index (χ1v) is 12.8. The van der Waals surface area contributed by atoms with Gasteiger partial charge in [-0.15, -0.1) is 10.2 Å². The third-order valence-corrected chi connectivity index (χ3v) is 7.48. The summed E-state index contributed by atoms with van der Waals surface area (Å²) in [5.41, 5.74) is -0.455. The summed E-state index contributed by atoms with van der Waals surface area (Å²) in [7, 11) is 0. The number of aromatic nitrogens is 4. The zero-order chi connectivity index (χ0) is 26.8. The number of hydrogen-bond acceptors (Lipinski definition) is 4. The Morgan fingerprint density at radius 1 is 1.03 bits per heavy atom. The molecule has 38 heavy (non-hydrogen) atoms. The first-order chi connectivity index (χ1) is 18.3. The second kappa shape index (κ2) is 10.4. The van der Waals surface area contributed by atoms with E-state index in [1.807, 2.05) is 6.92 Å². The summed E-state index contributed by atoms with van der Waals surface area (Å²) in [5, 5.41) is 15.8. The highest BCUT2D eigenvalue weighted by Gasteiger charge is 2.59. The number of rotatable bonds is 4. The van der Waals surface area contributed by atoms with Gasteiger partial charge >= 0.3 is 6.18 Å². The van der Waals surface area contributed by atoms with Crippen molar-refractivity contribution < 1.29 is 18.0 Å².